The highest BCUT2D eigenvalue weighted by Gasteiger charge is 2.09. The summed E-state index contributed by atoms with van der Waals surface area (Å²) in [4.78, 5) is 10.0. The van der Waals surface area contributed by atoms with Gasteiger partial charge in [-0.25, -0.2) is 0 Å². The molecule has 0 aliphatic carbocycles. The smallest absolute Gasteiger partial charge is 0.303 e. The second-order valence-corrected chi connectivity index (χ2v) is 2.05. The van der Waals surface area contributed by atoms with Gasteiger partial charge in [0.05, 0.1) is 6.42 Å². The molecule has 0 rings (SSSR count). The highest BCUT2D eigenvalue weighted by atomic mass is 19.3. The van der Waals surface area contributed by atoms with Crippen molar-refractivity contribution in [2.75, 3.05) is 6.54 Å². The van der Waals surface area contributed by atoms with Crippen LogP contribution in [0.1, 0.15) is 6.42 Å². The molecule has 3 nitrogen and oxygen atoms in total. The summed E-state index contributed by atoms with van der Waals surface area (Å²) in [5.41, 5.74) is 5.03. The maximum atomic E-state index is 11.5. The summed E-state index contributed by atoms with van der Waals surface area (Å²) in [5.74, 6) is -1.89. The van der Waals surface area contributed by atoms with Crippen molar-refractivity contribution in [2.45, 2.75) is 6.42 Å². The average Bonchev–Trinajstić information content (AvgIpc) is 1.84. The van der Waals surface area contributed by atoms with E-state index in [0.29, 0.717) is 6.08 Å². The van der Waals surface area contributed by atoms with E-state index in [-0.39, 0.29) is 13.0 Å². The van der Waals surface area contributed by atoms with Crippen LogP contribution < -0.4 is 5.73 Å². The van der Waals surface area contributed by atoms with Crippen LogP contribution in [0.3, 0.4) is 0 Å². The van der Waals surface area contributed by atoms with Gasteiger partial charge in [-0.05, 0) is 12.6 Å². The van der Waals surface area contributed by atoms with Crippen molar-refractivity contribution in [2.24, 2.45) is 11.7 Å². The first-order chi connectivity index (χ1) is 5.06. The summed E-state index contributed by atoms with van der Waals surface area (Å²) in [7, 11) is 0. The van der Waals surface area contributed by atoms with E-state index in [0.717, 1.165) is 0 Å². The van der Waals surface area contributed by atoms with E-state index in [1.54, 1.807) is 0 Å². The number of carbonyl (C=O) groups is 1. The molecular formula is C6H9F2NO2. The van der Waals surface area contributed by atoms with Gasteiger partial charge in [-0.1, -0.05) is 0 Å². The molecular weight excluding hydrogens is 156 g/mol. The Morgan fingerprint density at radius 1 is 1.64 bits per heavy atom. The van der Waals surface area contributed by atoms with E-state index >= 15 is 0 Å². The molecule has 0 aromatic rings. The minimum Gasteiger partial charge on any atom is -0.481 e. The Labute approximate surface area is 62.5 Å². The number of halogens is 2. The fraction of sp³-hybridized carbons (Fsp3) is 0.500. The van der Waals surface area contributed by atoms with Gasteiger partial charge in [0.15, 0.2) is 0 Å². The maximum absolute atomic E-state index is 11.5. The van der Waals surface area contributed by atoms with Gasteiger partial charge in [0.25, 0.3) is 6.08 Å². The zero-order valence-electron chi connectivity index (χ0n) is 5.76. The minimum atomic E-state index is -1.89. The summed E-state index contributed by atoms with van der Waals surface area (Å²) in [5, 5.41) is 8.20. The fourth-order valence-electron chi connectivity index (χ4n) is 0.613. The summed E-state index contributed by atoms with van der Waals surface area (Å²) in [6, 6.07) is 0. The lowest BCUT2D eigenvalue weighted by Gasteiger charge is -2.03. The molecule has 5 heteroatoms. The van der Waals surface area contributed by atoms with Crippen LogP contribution in [0, 0.1) is 5.92 Å². The van der Waals surface area contributed by atoms with Crippen LogP contribution in [0.2, 0.25) is 0 Å². The van der Waals surface area contributed by atoms with E-state index in [9.17, 15) is 13.6 Å². The number of hydrogen-bond acceptors (Lipinski definition) is 2. The van der Waals surface area contributed by atoms with Crippen LogP contribution in [0.25, 0.3) is 0 Å². The largest absolute Gasteiger partial charge is 0.481 e. The quantitative estimate of drug-likeness (QED) is 0.648. The first kappa shape index (κ1) is 10.0. The molecule has 1 unspecified atom stereocenters. The normalized spacial score (nSPS) is 12.3. The van der Waals surface area contributed by atoms with E-state index < -0.39 is 18.0 Å². The Kier molecular flexibility index (Phi) is 4.36. The highest BCUT2D eigenvalue weighted by Crippen LogP contribution is 2.08. The van der Waals surface area contributed by atoms with Crippen molar-refractivity contribution in [3.8, 4) is 0 Å². The number of nitrogens with two attached hydrogens (primary N) is 1. The summed E-state index contributed by atoms with van der Waals surface area (Å²) in [6.07, 6.45) is -1.68. The van der Waals surface area contributed by atoms with Crippen LogP contribution in [0.5, 0.6) is 0 Å². The molecule has 0 radical (unpaired) electrons. The Balaban J connectivity index is 3.96. The van der Waals surface area contributed by atoms with E-state index in [2.05, 4.69) is 0 Å². The second-order valence-electron chi connectivity index (χ2n) is 2.05. The predicted molar refractivity (Wildman–Crippen MR) is 35.1 cm³/mol. The molecule has 64 valence electrons. The van der Waals surface area contributed by atoms with Crippen LogP contribution >= 0.6 is 0 Å². The van der Waals surface area contributed by atoms with E-state index in [4.69, 9.17) is 10.8 Å². The van der Waals surface area contributed by atoms with Gasteiger partial charge in [-0.15, -0.1) is 0 Å². The summed E-state index contributed by atoms with van der Waals surface area (Å²) >= 11 is 0. The molecule has 0 bridgehead atoms. The van der Waals surface area contributed by atoms with Crippen molar-refractivity contribution < 1.29 is 18.7 Å². The SMILES string of the molecule is NCC(C=C(F)F)CC(=O)O. The van der Waals surface area contributed by atoms with Crippen molar-refractivity contribution in [1.82, 2.24) is 0 Å². The van der Waals surface area contributed by atoms with Crippen molar-refractivity contribution in [3.05, 3.63) is 12.2 Å². The van der Waals surface area contributed by atoms with Crippen molar-refractivity contribution in [1.29, 1.82) is 0 Å². The average molecular weight is 165 g/mol. The predicted octanol–water partition coefficient (Wildman–Crippen LogP) is 0.816. The molecule has 0 aliphatic rings. The molecule has 0 saturated heterocycles. The highest BCUT2D eigenvalue weighted by molar-refractivity contribution is 5.67. The monoisotopic (exact) mass is 165 g/mol. The molecule has 0 heterocycles. The van der Waals surface area contributed by atoms with Gasteiger partial charge < -0.3 is 10.8 Å². The third kappa shape index (κ3) is 5.47. The summed E-state index contributed by atoms with van der Waals surface area (Å²) in [6.45, 7) is -0.0797. The number of carboxylic acid groups (broad SMARTS) is 1. The molecule has 0 saturated carbocycles. The van der Waals surface area contributed by atoms with Gasteiger partial charge in [-0.2, -0.15) is 8.78 Å². The molecule has 0 amide bonds. The molecule has 11 heavy (non-hydrogen) atoms. The zero-order valence-corrected chi connectivity index (χ0v) is 5.76. The Hall–Kier alpha value is -0.970. The first-order valence-electron chi connectivity index (χ1n) is 3.01. The molecule has 0 aromatic heterocycles. The molecule has 1 atom stereocenters. The number of hydrogen-bond donors (Lipinski definition) is 2. The fourth-order valence-corrected chi connectivity index (χ4v) is 0.613. The Morgan fingerprint density at radius 3 is 2.45 bits per heavy atom. The topological polar surface area (TPSA) is 63.3 Å². The van der Waals surface area contributed by atoms with E-state index in [1.165, 1.54) is 0 Å². The van der Waals surface area contributed by atoms with Crippen LogP contribution in [0.4, 0.5) is 8.78 Å². The molecule has 0 aromatic carbocycles. The molecule has 0 fully saturated rings. The Morgan fingerprint density at radius 2 is 2.18 bits per heavy atom. The van der Waals surface area contributed by atoms with Gasteiger partial charge in [0.1, 0.15) is 0 Å². The lowest BCUT2D eigenvalue weighted by Crippen LogP contribution is -2.16. The van der Waals surface area contributed by atoms with Gasteiger partial charge in [0, 0.05) is 5.92 Å². The lowest BCUT2D eigenvalue weighted by atomic mass is 10.1. The number of rotatable bonds is 4. The summed E-state index contributed by atoms with van der Waals surface area (Å²) < 4.78 is 23.1. The van der Waals surface area contributed by atoms with E-state index in [1.807, 2.05) is 0 Å². The van der Waals surface area contributed by atoms with Gasteiger partial charge in [0.2, 0.25) is 0 Å². The second kappa shape index (κ2) is 4.79. The van der Waals surface area contributed by atoms with Crippen LogP contribution in [-0.2, 0) is 4.79 Å². The molecule has 3 N–H and O–H groups in total. The standard InChI is InChI=1S/C6H9F2NO2/c7-5(8)1-4(3-9)2-6(10)11/h1,4H,2-3,9H2,(H,10,11). The maximum Gasteiger partial charge on any atom is 0.303 e. The van der Waals surface area contributed by atoms with Crippen LogP contribution in [0.15, 0.2) is 12.2 Å². The Bertz CT molecular complexity index is 166. The third-order valence-electron chi connectivity index (χ3n) is 1.10. The van der Waals surface area contributed by atoms with Gasteiger partial charge in [-0.3, -0.25) is 4.79 Å². The van der Waals surface area contributed by atoms with Crippen molar-refractivity contribution >= 4 is 5.97 Å². The number of aliphatic carboxylic acids is 1. The number of carboxylic acids is 1. The van der Waals surface area contributed by atoms with Crippen molar-refractivity contribution in [3.63, 3.8) is 0 Å². The zero-order chi connectivity index (χ0) is 8.85. The van der Waals surface area contributed by atoms with Gasteiger partial charge >= 0.3 is 5.97 Å². The third-order valence-corrected chi connectivity index (χ3v) is 1.10. The first-order valence-corrected chi connectivity index (χ1v) is 3.01. The lowest BCUT2D eigenvalue weighted by molar-refractivity contribution is -0.137. The minimum absolute atomic E-state index is 0.0797. The molecule has 0 aliphatic heterocycles. The van der Waals surface area contributed by atoms with Crippen LogP contribution in [-0.4, -0.2) is 17.6 Å². The molecule has 0 spiro atoms.